The van der Waals surface area contributed by atoms with Gasteiger partial charge in [-0.15, -0.1) is 0 Å². The van der Waals surface area contributed by atoms with Gasteiger partial charge in [-0.05, 0) is 55.2 Å². The van der Waals surface area contributed by atoms with Crippen molar-refractivity contribution in [1.29, 1.82) is 5.26 Å². The van der Waals surface area contributed by atoms with Crippen molar-refractivity contribution in [3.8, 4) is 6.07 Å². The summed E-state index contributed by atoms with van der Waals surface area (Å²) >= 11 is 0. The van der Waals surface area contributed by atoms with Crippen molar-refractivity contribution in [2.24, 2.45) is 7.05 Å². The van der Waals surface area contributed by atoms with E-state index < -0.39 is 16.0 Å². The van der Waals surface area contributed by atoms with Crippen LogP contribution in [0.1, 0.15) is 42.3 Å². The number of nitrogens with zero attached hydrogens (tertiary/aromatic N) is 4. The predicted molar refractivity (Wildman–Crippen MR) is 120 cm³/mol. The number of imide groups is 1. The number of benzene rings is 2. The SMILES string of the molecule is CCOC(=O)[N+](C)(C)C(=O)C1(c2ccc3c(c2)nc(Cc2ccc(C#N)cc2)n3C)CC1. The predicted octanol–water partition coefficient (Wildman–Crippen LogP) is 3.83. The molecule has 1 aliphatic rings. The maximum Gasteiger partial charge on any atom is 0.523 e. The zero-order chi connectivity index (χ0) is 23.1. The van der Waals surface area contributed by atoms with Crippen molar-refractivity contribution in [3.05, 3.63) is 65.0 Å². The molecule has 1 aliphatic carbocycles. The van der Waals surface area contributed by atoms with Gasteiger partial charge in [0.2, 0.25) is 0 Å². The minimum Gasteiger partial charge on any atom is -0.420 e. The Balaban J connectivity index is 1.64. The van der Waals surface area contributed by atoms with Crippen LogP contribution in [0.2, 0.25) is 0 Å². The van der Waals surface area contributed by atoms with E-state index in [1.165, 1.54) is 0 Å². The number of ether oxygens (including phenoxy) is 1. The number of imidazole rings is 1. The second-order valence-corrected chi connectivity index (χ2v) is 8.82. The molecule has 0 N–H and O–H groups in total. The summed E-state index contributed by atoms with van der Waals surface area (Å²) in [6.45, 7) is 1.97. The molecular weight excluding hydrogens is 404 g/mol. The van der Waals surface area contributed by atoms with Gasteiger partial charge in [-0.1, -0.05) is 18.2 Å². The van der Waals surface area contributed by atoms with E-state index in [0.717, 1.165) is 28.0 Å². The average Bonchev–Trinajstić information content (AvgIpc) is 3.54. The van der Waals surface area contributed by atoms with Crippen LogP contribution in [0, 0.1) is 11.3 Å². The first-order chi connectivity index (χ1) is 15.2. The fourth-order valence-corrected chi connectivity index (χ4v) is 4.24. The summed E-state index contributed by atoms with van der Waals surface area (Å²) in [5.74, 6) is 0.754. The van der Waals surface area contributed by atoms with Gasteiger partial charge >= 0.3 is 12.0 Å². The normalized spacial score (nSPS) is 14.7. The molecule has 3 aromatic rings. The maximum absolute atomic E-state index is 13.4. The second-order valence-electron chi connectivity index (χ2n) is 8.82. The van der Waals surface area contributed by atoms with Crippen molar-refractivity contribution >= 4 is 23.0 Å². The summed E-state index contributed by atoms with van der Waals surface area (Å²) in [4.78, 5) is 30.6. The molecule has 7 nitrogen and oxygen atoms in total. The van der Waals surface area contributed by atoms with Gasteiger partial charge in [0.1, 0.15) is 11.2 Å². The van der Waals surface area contributed by atoms with Crippen LogP contribution in [-0.2, 0) is 28.4 Å². The van der Waals surface area contributed by atoms with Gasteiger partial charge in [-0.3, -0.25) is 0 Å². The van der Waals surface area contributed by atoms with Crippen LogP contribution in [0.4, 0.5) is 4.79 Å². The van der Waals surface area contributed by atoms with Crippen LogP contribution >= 0.6 is 0 Å². The molecule has 7 heteroatoms. The Bertz CT molecular complexity index is 1240. The van der Waals surface area contributed by atoms with Crippen LogP contribution in [-0.4, -0.2) is 46.7 Å². The van der Waals surface area contributed by atoms with Gasteiger partial charge in [0.05, 0.1) is 43.4 Å². The number of quaternary nitrogens is 1. The highest BCUT2D eigenvalue weighted by Gasteiger charge is 2.60. The average molecular weight is 432 g/mol. The van der Waals surface area contributed by atoms with E-state index in [9.17, 15) is 9.59 Å². The number of hydrogen-bond acceptors (Lipinski definition) is 5. The third-order valence-electron chi connectivity index (χ3n) is 6.36. The van der Waals surface area contributed by atoms with Crippen LogP contribution < -0.4 is 0 Å². The lowest BCUT2D eigenvalue weighted by Gasteiger charge is -2.27. The van der Waals surface area contributed by atoms with Crippen LogP contribution in [0.3, 0.4) is 0 Å². The van der Waals surface area contributed by atoms with Gasteiger partial charge < -0.3 is 9.30 Å². The molecule has 0 unspecified atom stereocenters. The molecule has 0 radical (unpaired) electrons. The Morgan fingerprint density at radius 2 is 1.88 bits per heavy atom. The monoisotopic (exact) mass is 431 g/mol. The van der Waals surface area contributed by atoms with Crippen molar-refractivity contribution in [2.45, 2.75) is 31.6 Å². The molecule has 4 rings (SSSR count). The summed E-state index contributed by atoms with van der Waals surface area (Å²) in [6.07, 6.45) is 1.53. The molecule has 0 atom stereocenters. The fraction of sp³-hybridized carbons (Fsp3) is 0.360. The topological polar surface area (TPSA) is 85.0 Å². The Morgan fingerprint density at radius 3 is 2.47 bits per heavy atom. The minimum absolute atomic E-state index is 0.149. The summed E-state index contributed by atoms with van der Waals surface area (Å²) in [5.41, 5.74) is 3.74. The number of aryl methyl sites for hydroxylation is 1. The zero-order valence-electron chi connectivity index (χ0n) is 18.9. The zero-order valence-corrected chi connectivity index (χ0v) is 18.9. The molecule has 32 heavy (non-hydrogen) atoms. The highest BCUT2D eigenvalue weighted by Crippen LogP contribution is 2.51. The van der Waals surface area contributed by atoms with Gasteiger partial charge in [-0.25, -0.2) is 9.78 Å². The molecule has 1 fully saturated rings. The van der Waals surface area contributed by atoms with E-state index >= 15 is 0 Å². The molecule has 1 saturated carbocycles. The van der Waals surface area contributed by atoms with E-state index in [1.807, 2.05) is 49.5 Å². The van der Waals surface area contributed by atoms with E-state index in [4.69, 9.17) is 15.0 Å². The number of likely N-dealkylation sites (N-methyl/N-ethyl adjacent to an activating group) is 1. The standard InChI is InChI=1S/C25H27N4O3/c1-5-32-24(31)29(3,4)23(30)25(12-13-25)19-10-11-21-20(15-19)27-22(28(21)2)14-17-6-8-18(16-26)9-7-17/h6-11,15H,5,12-14H2,1-4H3/q+1. The first-order valence-electron chi connectivity index (χ1n) is 10.7. The number of hydrogen-bond donors (Lipinski definition) is 0. The Labute approximate surface area is 187 Å². The van der Waals surface area contributed by atoms with E-state index in [-0.39, 0.29) is 12.5 Å². The molecule has 1 heterocycles. The first kappa shape index (κ1) is 21.7. The van der Waals surface area contributed by atoms with Crippen molar-refractivity contribution in [3.63, 3.8) is 0 Å². The molecule has 1 aromatic heterocycles. The number of amides is 2. The van der Waals surface area contributed by atoms with Crippen LogP contribution in [0.15, 0.2) is 42.5 Å². The van der Waals surface area contributed by atoms with E-state index in [1.54, 1.807) is 21.0 Å². The number of nitriles is 1. The summed E-state index contributed by atoms with van der Waals surface area (Å²) < 4.78 is 6.75. The quantitative estimate of drug-likeness (QED) is 0.573. The molecule has 0 bridgehead atoms. The van der Waals surface area contributed by atoms with E-state index in [2.05, 4.69) is 10.6 Å². The number of carbonyl (C=O) groups is 2. The van der Waals surface area contributed by atoms with Gasteiger partial charge in [0, 0.05) is 13.5 Å². The number of aromatic nitrogens is 2. The highest BCUT2D eigenvalue weighted by molar-refractivity contribution is 5.93. The Kier molecular flexibility index (Phi) is 5.35. The third-order valence-corrected chi connectivity index (χ3v) is 6.36. The molecule has 0 aliphatic heterocycles. The molecule has 0 saturated heterocycles. The number of rotatable bonds is 5. The van der Waals surface area contributed by atoms with Gasteiger partial charge in [0.15, 0.2) is 0 Å². The lowest BCUT2D eigenvalue weighted by atomic mass is 9.93. The maximum atomic E-state index is 13.4. The smallest absolute Gasteiger partial charge is 0.420 e. The Morgan fingerprint density at radius 1 is 1.19 bits per heavy atom. The van der Waals surface area contributed by atoms with Crippen LogP contribution in [0.25, 0.3) is 11.0 Å². The van der Waals surface area contributed by atoms with Crippen LogP contribution in [0.5, 0.6) is 0 Å². The third kappa shape index (κ3) is 3.57. The minimum atomic E-state index is -0.671. The molecular formula is C25H27N4O3+. The molecule has 2 amide bonds. The van der Waals surface area contributed by atoms with Gasteiger partial charge in [0.25, 0.3) is 0 Å². The lowest BCUT2D eigenvalue weighted by molar-refractivity contribution is -0.740. The molecule has 0 spiro atoms. The van der Waals surface area contributed by atoms with Crippen molar-refractivity contribution in [1.82, 2.24) is 9.55 Å². The Hall–Kier alpha value is -3.50. The van der Waals surface area contributed by atoms with Gasteiger partial charge in [-0.2, -0.15) is 14.5 Å². The summed E-state index contributed by atoms with van der Waals surface area (Å²) in [7, 11) is 5.16. The summed E-state index contributed by atoms with van der Waals surface area (Å²) in [5, 5.41) is 8.98. The number of fused-ring (bicyclic) bond motifs is 1. The van der Waals surface area contributed by atoms with Crippen molar-refractivity contribution in [2.75, 3.05) is 20.7 Å². The molecule has 2 aromatic carbocycles. The highest BCUT2D eigenvalue weighted by atomic mass is 16.6. The van der Waals surface area contributed by atoms with E-state index in [0.29, 0.717) is 24.8 Å². The first-order valence-corrected chi connectivity index (χ1v) is 10.7. The fourth-order valence-electron chi connectivity index (χ4n) is 4.24. The second kappa shape index (κ2) is 7.88. The summed E-state index contributed by atoms with van der Waals surface area (Å²) in [6, 6.07) is 15.6. The lowest BCUT2D eigenvalue weighted by Crippen LogP contribution is -2.55. The number of carbonyl (C=O) groups excluding carboxylic acids is 2. The molecule has 164 valence electrons. The van der Waals surface area contributed by atoms with Crippen molar-refractivity contribution < 1.29 is 18.8 Å². The largest absolute Gasteiger partial charge is 0.523 e.